The quantitative estimate of drug-likeness (QED) is 0.469. The van der Waals surface area contributed by atoms with Gasteiger partial charge >= 0.3 is 5.97 Å². The maximum atomic E-state index is 10.3. The van der Waals surface area contributed by atoms with Crippen molar-refractivity contribution in [1.29, 1.82) is 0 Å². The minimum Gasteiger partial charge on any atom is -0.430 e. The molecule has 1 N–H and O–H groups in total. The van der Waals surface area contributed by atoms with Gasteiger partial charge in [0.05, 0.1) is 6.42 Å². The average Bonchev–Trinajstić information content (AvgIpc) is 3.20. The first kappa shape index (κ1) is 21.7. The minimum atomic E-state index is -1.65. The zero-order chi connectivity index (χ0) is 21.4. The summed E-state index contributed by atoms with van der Waals surface area (Å²) in [5.74, 6) is 0.838. The van der Waals surface area contributed by atoms with Crippen LogP contribution in [0.3, 0.4) is 0 Å². The summed E-state index contributed by atoms with van der Waals surface area (Å²) in [6.45, 7) is 6.35. The molecule has 0 saturated carbocycles. The average molecular weight is 403 g/mol. The van der Waals surface area contributed by atoms with Crippen molar-refractivity contribution in [2.45, 2.75) is 39.1 Å². The second kappa shape index (κ2) is 10.1. The molecule has 0 heterocycles. The third-order valence-corrected chi connectivity index (χ3v) is 5.04. The first-order chi connectivity index (χ1) is 14.5. The molecule has 0 bridgehead atoms. The van der Waals surface area contributed by atoms with Gasteiger partial charge in [-0.2, -0.15) is 0 Å². The second-order valence-electron chi connectivity index (χ2n) is 7.65. The van der Waals surface area contributed by atoms with Crippen LogP contribution in [-0.4, -0.2) is 11.1 Å². The molecule has 0 aromatic heterocycles. The SMILES string of the molecule is CC(C)C1C=Cc2ccccc21.CCC(O)(Oc1ccccc1)Oc1ccccc1. The Labute approximate surface area is 179 Å². The number of allylic oxidation sites excluding steroid dienone is 1. The number of rotatable bonds is 6. The Balaban J connectivity index is 0.000000184. The van der Waals surface area contributed by atoms with Crippen LogP contribution in [0.5, 0.6) is 11.5 Å². The van der Waals surface area contributed by atoms with E-state index < -0.39 is 5.97 Å². The minimum absolute atomic E-state index is 0.316. The van der Waals surface area contributed by atoms with E-state index in [1.165, 1.54) is 11.1 Å². The molecule has 4 rings (SSSR count). The van der Waals surface area contributed by atoms with Gasteiger partial charge in [0.1, 0.15) is 11.5 Å². The Bertz CT molecular complexity index is 891. The predicted molar refractivity (Wildman–Crippen MR) is 122 cm³/mol. The Hall–Kier alpha value is -3.04. The summed E-state index contributed by atoms with van der Waals surface area (Å²) in [5.41, 5.74) is 2.89. The van der Waals surface area contributed by atoms with Crippen molar-refractivity contribution in [3.8, 4) is 11.5 Å². The molecule has 0 fully saturated rings. The third kappa shape index (κ3) is 5.74. The number of hydrogen-bond acceptors (Lipinski definition) is 3. The number of para-hydroxylation sites is 2. The molecule has 0 amide bonds. The molecule has 3 nitrogen and oxygen atoms in total. The summed E-state index contributed by atoms with van der Waals surface area (Å²) in [5, 5.41) is 10.3. The van der Waals surface area contributed by atoms with Crippen LogP contribution in [0.1, 0.15) is 44.2 Å². The molecule has 3 aromatic carbocycles. The molecule has 1 unspecified atom stereocenters. The van der Waals surface area contributed by atoms with Gasteiger partial charge < -0.3 is 14.6 Å². The van der Waals surface area contributed by atoms with E-state index in [-0.39, 0.29) is 0 Å². The topological polar surface area (TPSA) is 38.7 Å². The number of fused-ring (bicyclic) bond motifs is 1. The van der Waals surface area contributed by atoms with Crippen molar-refractivity contribution in [2.24, 2.45) is 5.92 Å². The van der Waals surface area contributed by atoms with Crippen molar-refractivity contribution in [3.05, 3.63) is 102 Å². The molecular formula is C27H30O3. The maximum Gasteiger partial charge on any atom is 0.368 e. The third-order valence-electron chi connectivity index (χ3n) is 5.04. The predicted octanol–water partition coefficient (Wildman–Crippen LogP) is 6.65. The molecule has 1 aliphatic rings. The molecule has 3 aromatic rings. The van der Waals surface area contributed by atoms with Crippen molar-refractivity contribution in [2.75, 3.05) is 0 Å². The van der Waals surface area contributed by atoms with Crippen molar-refractivity contribution in [1.82, 2.24) is 0 Å². The summed E-state index contributed by atoms with van der Waals surface area (Å²) < 4.78 is 11.0. The normalized spacial score (nSPS) is 14.6. The van der Waals surface area contributed by atoms with Gasteiger partial charge in [-0.25, -0.2) is 0 Å². The molecule has 156 valence electrons. The van der Waals surface area contributed by atoms with Crippen LogP contribution in [-0.2, 0) is 0 Å². The summed E-state index contributed by atoms with van der Waals surface area (Å²) in [6, 6.07) is 26.9. The number of ether oxygens (including phenoxy) is 2. The van der Waals surface area contributed by atoms with Gasteiger partial charge in [-0.1, -0.05) is 93.6 Å². The Kier molecular flexibility index (Phi) is 7.31. The molecular weight excluding hydrogens is 372 g/mol. The molecule has 1 atom stereocenters. The van der Waals surface area contributed by atoms with Crippen molar-refractivity contribution < 1.29 is 14.6 Å². The van der Waals surface area contributed by atoms with Gasteiger partial charge in [-0.05, 0) is 41.3 Å². The fourth-order valence-corrected chi connectivity index (χ4v) is 3.37. The molecule has 0 radical (unpaired) electrons. The lowest BCUT2D eigenvalue weighted by atomic mass is 9.90. The monoisotopic (exact) mass is 402 g/mol. The zero-order valence-corrected chi connectivity index (χ0v) is 17.9. The Morgan fingerprint density at radius 1 is 0.800 bits per heavy atom. The molecule has 1 aliphatic carbocycles. The summed E-state index contributed by atoms with van der Waals surface area (Å²) in [7, 11) is 0. The van der Waals surface area contributed by atoms with Crippen LogP contribution in [0, 0.1) is 5.92 Å². The van der Waals surface area contributed by atoms with Crippen LogP contribution in [0.4, 0.5) is 0 Å². The van der Waals surface area contributed by atoms with Gasteiger partial charge in [-0.3, -0.25) is 0 Å². The number of aliphatic hydroxyl groups is 1. The van der Waals surface area contributed by atoms with E-state index >= 15 is 0 Å². The summed E-state index contributed by atoms with van der Waals surface area (Å²) in [4.78, 5) is 0. The van der Waals surface area contributed by atoms with Crippen LogP contribution in [0.25, 0.3) is 6.08 Å². The largest absolute Gasteiger partial charge is 0.430 e. The Morgan fingerprint density at radius 3 is 1.80 bits per heavy atom. The van der Waals surface area contributed by atoms with Gasteiger partial charge in [0, 0.05) is 5.92 Å². The number of hydrogen-bond donors (Lipinski definition) is 1. The summed E-state index contributed by atoms with van der Waals surface area (Å²) >= 11 is 0. The van der Waals surface area contributed by atoms with Crippen LogP contribution >= 0.6 is 0 Å². The van der Waals surface area contributed by atoms with Crippen molar-refractivity contribution in [3.63, 3.8) is 0 Å². The highest BCUT2D eigenvalue weighted by molar-refractivity contribution is 5.62. The van der Waals surface area contributed by atoms with E-state index in [1.807, 2.05) is 36.4 Å². The highest BCUT2D eigenvalue weighted by Crippen LogP contribution is 2.34. The van der Waals surface area contributed by atoms with Crippen LogP contribution < -0.4 is 9.47 Å². The van der Waals surface area contributed by atoms with E-state index in [4.69, 9.17) is 9.47 Å². The van der Waals surface area contributed by atoms with Crippen molar-refractivity contribution >= 4 is 6.08 Å². The van der Waals surface area contributed by atoms with E-state index in [0.29, 0.717) is 29.8 Å². The first-order valence-corrected chi connectivity index (χ1v) is 10.5. The standard InChI is InChI=1S/C15H16O3.C12H14/c1-2-15(16,17-13-9-5-3-6-10-13)18-14-11-7-4-8-12-14;1-9(2)11-8-7-10-5-3-4-6-12(10)11/h3-12,16H,2H2,1H3;3-9,11H,1-2H3. The van der Waals surface area contributed by atoms with E-state index in [9.17, 15) is 5.11 Å². The highest BCUT2D eigenvalue weighted by Gasteiger charge is 2.29. The van der Waals surface area contributed by atoms with Gasteiger partial charge in [0.25, 0.3) is 0 Å². The number of benzene rings is 3. The zero-order valence-electron chi connectivity index (χ0n) is 17.9. The van der Waals surface area contributed by atoms with E-state index in [1.54, 1.807) is 31.2 Å². The van der Waals surface area contributed by atoms with Crippen LogP contribution in [0.15, 0.2) is 91.0 Å². The molecule has 0 saturated heterocycles. The lowest BCUT2D eigenvalue weighted by molar-refractivity contribution is -0.273. The maximum absolute atomic E-state index is 10.3. The Morgan fingerprint density at radius 2 is 1.30 bits per heavy atom. The van der Waals surface area contributed by atoms with Gasteiger partial charge in [0.2, 0.25) is 0 Å². The lowest BCUT2D eigenvalue weighted by Gasteiger charge is -2.27. The summed E-state index contributed by atoms with van der Waals surface area (Å²) in [6.07, 6.45) is 4.87. The molecule has 0 spiro atoms. The van der Waals surface area contributed by atoms with Gasteiger partial charge in [0.15, 0.2) is 0 Å². The fourth-order valence-electron chi connectivity index (χ4n) is 3.37. The second-order valence-corrected chi connectivity index (χ2v) is 7.65. The lowest BCUT2D eigenvalue weighted by Crippen LogP contribution is -2.41. The fraction of sp³-hybridized carbons (Fsp3) is 0.259. The van der Waals surface area contributed by atoms with E-state index in [2.05, 4.69) is 50.3 Å². The first-order valence-electron chi connectivity index (χ1n) is 10.5. The highest BCUT2D eigenvalue weighted by atomic mass is 16.8. The smallest absolute Gasteiger partial charge is 0.368 e. The molecule has 3 heteroatoms. The van der Waals surface area contributed by atoms with E-state index in [0.717, 1.165) is 0 Å². The molecule has 0 aliphatic heterocycles. The van der Waals surface area contributed by atoms with Gasteiger partial charge in [-0.15, -0.1) is 0 Å². The molecule has 30 heavy (non-hydrogen) atoms. The van der Waals surface area contributed by atoms with Crippen LogP contribution in [0.2, 0.25) is 0 Å².